The van der Waals surface area contributed by atoms with E-state index in [9.17, 15) is 9.59 Å². The highest BCUT2D eigenvalue weighted by Gasteiger charge is 2.31. The molecule has 5 nitrogen and oxygen atoms in total. The number of nitrogens with one attached hydrogen (secondary N) is 2. The summed E-state index contributed by atoms with van der Waals surface area (Å²) in [4.78, 5) is 23.2. The van der Waals surface area contributed by atoms with Crippen LogP contribution in [0.1, 0.15) is 46.0 Å². The third-order valence-electron chi connectivity index (χ3n) is 3.30. The molecule has 0 radical (unpaired) electrons. The Bertz CT molecular complexity index is 263. The van der Waals surface area contributed by atoms with Crippen molar-refractivity contribution in [2.24, 2.45) is 0 Å². The lowest BCUT2D eigenvalue weighted by Gasteiger charge is -2.32. The van der Waals surface area contributed by atoms with Gasteiger partial charge in [-0.05, 0) is 32.9 Å². The average molecular weight is 258 g/mol. The minimum absolute atomic E-state index is 0.00199. The van der Waals surface area contributed by atoms with Crippen LogP contribution >= 0.6 is 0 Å². The van der Waals surface area contributed by atoms with Crippen LogP contribution in [-0.2, 0) is 14.3 Å². The van der Waals surface area contributed by atoms with Gasteiger partial charge in [0.1, 0.15) is 0 Å². The van der Waals surface area contributed by atoms with Gasteiger partial charge in [-0.25, -0.2) is 0 Å². The van der Waals surface area contributed by atoms with Gasteiger partial charge in [-0.2, -0.15) is 0 Å². The van der Waals surface area contributed by atoms with Crippen molar-refractivity contribution < 1.29 is 14.3 Å². The lowest BCUT2D eigenvalue weighted by molar-refractivity contribution is -0.142. The van der Waals surface area contributed by atoms with Crippen LogP contribution in [0.4, 0.5) is 0 Å². The van der Waals surface area contributed by atoms with Gasteiger partial charge in [0, 0.05) is 12.0 Å². The van der Waals surface area contributed by atoms with Crippen molar-refractivity contribution >= 4 is 11.9 Å². The highest BCUT2D eigenvalue weighted by molar-refractivity contribution is 5.78. The van der Waals surface area contributed by atoms with Gasteiger partial charge in [-0.15, -0.1) is 0 Å². The van der Waals surface area contributed by atoms with Gasteiger partial charge in [0.15, 0.2) is 0 Å². The Morgan fingerprint density at radius 3 is 2.28 bits per heavy atom. The molecule has 106 valence electrons. The summed E-state index contributed by atoms with van der Waals surface area (Å²) in [6.45, 7) is 4.76. The molecular weight excluding hydrogens is 232 g/mol. The van der Waals surface area contributed by atoms with E-state index in [4.69, 9.17) is 0 Å². The number of esters is 1. The largest absolute Gasteiger partial charge is 0.469 e. The molecule has 0 aromatic heterocycles. The average Bonchev–Trinajstić information content (AvgIpc) is 2.38. The van der Waals surface area contributed by atoms with Crippen molar-refractivity contribution in [2.45, 2.75) is 51.5 Å². The fourth-order valence-electron chi connectivity index (χ4n) is 1.85. The number of methoxy groups -OCH3 is 1. The molecule has 0 aromatic carbocycles. The smallest absolute Gasteiger partial charge is 0.307 e. The van der Waals surface area contributed by atoms with Crippen LogP contribution in [0, 0.1) is 0 Å². The van der Waals surface area contributed by atoms with Gasteiger partial charge in [-0.3, -0.25) is 9.59 Å². The van der Waals surface area contributed by atoms with E-state index in [0.717, 1.165) is 25.8 Å². The summed E-state index contributed by atoms with van der Waals surface area (Å²) in [7, 11) is 3.23. The first-order valence-electron chi connectivity index (χ1n) is 6.56. The lowest BCUT2D eigenvalue weighted by Crippen LogP contribution is -2.49. The SMILES string of the molecule is CCC(CC)(CC(=O)OC)NC(=O)CCCNC. The van der Waals surface area contributed by atoms with Gasteiger partial charge in [0.2, 0.25) is 5.91 Å². The van der Waals surface area contributed by atoms with Crippen molar-refractivity contribution in [2.75, 3.05) is 20.7 Å². The summed E-state index contributed by atoms with van der Waals surface area (Å²) in [5.41, 5.74) is -0.468. The zero-order valence-electron chi connectivity index (χ0n) is 12.0. The standard InChI is InChI=1S/C13H26N2O3/c1-5-13(6-2,10-12(17)18-4)15-11(16)8-7-9-14-3/h14H,5-10H2,1-4H3,(H,15,16). The molecule has 18 heavy (non-hydrogen) atoms. The fourth-order valence-corrected chi connectivity index (χ4v) is 1.85. The monoisotopic (exact) mass is 258 g/mol. The second-order valence-corrected chi connectivity index (χ2v) is 4.50. The van der Waals surface area contributed by atoms with Crippen LogP contribution < -0.4 is 10.6 Å². The quantitative estimate of drug-likeness (QED) is 0.482. The van der Waals surface area contributed by atoms with Gasteiger partial charge >= 0.3 is 5.97 Å². The van der Waals surface area contributed by atoms with Crippen LogP contribution in [0.2, 0.25) is 0 Å². The first-order chi connectivity index (χ1) is 8.53. The van der Waals surface area contributed by atoms with Crippen molar-refractivity contribution in [3.05, 3.63) is 0 Å². The van der Waals surface area contributed by atoms with E-state index >= 15 is 0 Å². The number of carbonyl (C=O) groups is 2. The van der Waals surface area contributed by atoms with E-state index in [1.165, 1.54) is 7.11 Å². The van der Waals surface area contributed by atoms with Crippen LogP contribution in [0.15, 0.2) is 0 Å². The van der Waals surface area contributed by atoms with E-state index in [2.05, 4.69) is 15.4 Å². The molecule has 0 saturated heterocycles. The Morgan fingerprint density at radius 2 is 1.83 bits per heavy atom. The summed E-state index contributed by atoms with van der Waals surface area (Å²) in [6.07, 6.45) is 2.94. The predicted molar refractivity (Wildman–Crippen MR) is 71.2 cm³/mol. The van der Waals surface area contributed by atoms with Gasteiger partial charge in [0.25, 0.3) is 0 Å². The second kappa shape index (κ2) is 8.91. The molecule has 0 rings (SSSR count). The third-order valence-corrected chi connectivity index (χ3v) is 3.30. The van der Waals surface area contributed by atoms with Gasteiger partial charge in [-0.1, -0.05) is 13.8 Å². The Kier molecular flexibility index (Phi) is 8.37. The number of rotatable bonds is 9. The van der Waals surface area contributed by atoms with Crippen molar-refractivity contribution in [3.63, 3.8) is 0 Å². The maximum absolute atomic E-state index is 11.8. The number of hydrogen-bond acceptors (Lipinski definition) is 4. The van der Waals surface area contributed by atoms with E-state index in [1.807, 2.05) is 20.9 Å². The number of hydrogen-bond donors (Lipinski definition) is 2. The summed E-state index contributed by atoms with van der Waals surface area (Å²) < 4.78 is 4.69. The molecule has 0 aromatic rings. The third kappa shape index (κ3) is 6.00. The lowest BCUT2D eigenvalue weighted by atomic mass is 9.88. The summed E-state index contributed by atoms with van der Waals surface area (Å²) >= 11 is 0. The number of ether oxygens (including phenoxy) is 1. The zero-order chi connectivity index (χ0) is 14.0. The topological polar surface area (TPSA) is 67.4 Å². The second-order valence-electron chi connectivity index (χ2n) is 4.50. The van der Waals surface area contributed by atoms with Gasteiger partial charge in [0.05, 0.1) is 13.5 Å². The minimum Gasteiger partial charge on any atom is -0.469 e. The molecule has 0 aliphatic heterocycles. The molecule has 0 aliphatic rings. The molecule has 0 fully saturated rings. The molecule has 0 atom stereocenters. The molecule has 0 unspecified atom stereocenters. The number of amides is 1. The maximum Gasteiger partial charge on any atom is 0.307 e. The molecule has 5 heteroatoms. The van der Waals surface area contributed by atoms with E-state index in [-0.39, 0.29) is 18.3 Å². The Labute approximate surface area is 110 Å². The minimum atomic E-state index is -0.468. The first-order valence-corrected chi connectivity index (χ1v) is 6.56. The predicted octanol–water partition coefficient (Wildman–Crippen LogP) is 1.22. The number of carbonyl (C=O) groups excluding carboxylic acids is 2. The molecule has 1 amide bonds. The highest BCUT2D eigenvalue weighted by Crippen LogP contribution is 2.20. The van der Waals surface area contributed by atoms with Crippen molar-refractivity contribution in [3.8, 4) is 0 Å². The van der Waals surface area contributed by atoms with Crippen LogP contribution in [0.3, 0.4) is 0 Å². The maximum atomic E-state index is 11.8. The first kappa shape index (κ1) is 16.9. The summed E-state index contributed by atoms with van der Waals surface area (Å²) in [6, 6.07) is 0. The summed E-state index contributed by atoms with van der Waals surface area (Å²) in [5, 5.41) is 5.99. The Hall–Kier alpha value is -1.10. The molecule has 0 spiro atoms. The van der Waals surface area contributed by atoms with Crippen molar-refractivity contribution in [1.82, 2.24) is 10.6 Å². The van der Waals surface area contributed by atoms with E-state index in [1.54, 1.807) is 0 Å². The molecule has 0 aliphatic carbocycles. The zero-order valence-corrected chi connectivity index (χ0v) is 12.0. The molecular formula is C13H26N2O3. The molecule has 2 N–H and O–H groups in total. The molecule has 0 saturated carbocycles. The van der Waals surface area contributed by atoms with Crippen LogP contribution in [-0.4, -0.2) is 38.1 Å². The Morgan fingerprint density at radius 1 is 1.22 bits per heavy atom. The van der Waals surface area contributed by atoms with E-state index in [0.29, 0.717) is 6.42 Å². The van der Waals surface area contributed by atoms with Crippen molar-refractivity contribution in [1.29, 1.82) is 0 Å². The summed E-state index contributed by atoms with van der Waals surface area (Å²) in [5.74, 6) is -0.285. The molecule has 0 heterocycles. The Balaban J connectivity index is 4.40. The normalized spacial score (nSPS) is 11.1. The van der Waals surface area contributed by atoms with E-state index < -0.39 is 5.54 Å². The molecule has 0 bridgehead atoms. The van der Waals surface area contributed by atoms with Crippen LogP contribution in [0.5, 0.6) is 0 Å². The highest BCUT2D eigenvalue weighted by atomic mass is 16.5. The van der Waals surface area contributed by atoms with Gasteiger partial charge < -0.3 is 15.4 Å². The fraction of sp³-hybridized carbons (Fsp3) is 0.846. The van der Waals surface area contributed by atoms with Crippen LogP contribution in [0.25, 0.3) is 0 Å².